The van der Waals surface area contributed by atoms with Gasteiger partial charge in [0.05, 0.1) is 28.5 Å². The second-order valence-electron chi connectivity index (χ2n) is 8.56. The predicted octanol–water partition coefficient (Wildman–Crippen LogP) is 5.65. The van der Waals surface area contributed by atoms with E-state index in [4.69, 9.17) is 28.2 Å². The average molecular weight is 608 g/mol. The number of carboxylic acids is 1. The zero-order chi connectivity index (χ0) is 26.6. The van der Waals surface area contributed by atoms with Gasteiger partial charge in [0.25, 0.3) is 5.56 Å². The largest absolute Gasteiger partial charge is 0.476 e. The molecule has 1 aliphatic rings. The lowest BCUT2D eigenvalue weighted by Crippen LogP contribution is -2.27. The maximum absolute atomic E-state index is 14.7. The normalized spacial score (nSPS) is 15.6. The standard InChI is InChI=1S/C24H18BrCl2FN6O3/c1-10(30-16-3-4-17(27)31-20(16)24(36)37)15-6-14(28)9-34-21(15)32-22(18(25)23(34)35)33-8-12-5-13(26)7-29-19(12)11(33)2/h3-7,9-11,30H,8H2,1-2H3,(H,36,37)/t10-,11-/m1/s1. The minimum atomic E-state index is -1.28. The molecule has 37 heavy (non-hydrogen) atoms. The van der Waals surface area contributed by atoms with Crippen molar-refractivity contribution in [2.45, 2.75) is 32.5 Å². The molecule has 0 saturated heterocycles. The summed E-state index contributed by atoms with van der Waals surface area (Å²) in [5.41, 5.74) is 1.67. The molecule has 190 valence electrons. The molecule has 0 bridgehead atoms. The van der Waals surface area contributed by atoms with E-state index in [0.29, 0.717) is 22.9 Å². The molecule has 0 saturated carbocycles. The zero-order valence-electron chi connectivity index (χ0n) is 19.3. The fourth-order valence-electron chi connectivity index (χ4n) is 4.45. The molecule has 0 amide bonds. The third-order valence-electron chi connectivity index (χ3n) is 6.19. The molecule has 0 spiro atoms. The Morgan fingerprint density at radius 1 is 1.30 bits per heavy atom. The van der Waals surface area contributed by atoms with Crippen molar-refractivity contribution in [2.24, 2.45) is 0 Å². The first kappa shape index (κ1) is 25.4. The molecule has 4 aromatic rings. The number of aromatic carboxylic acids is 1. The number of pyridine rings is 3. The Hall–Kier alpha value is -3.28. The maximum atomic E-state index is 14.7. The molecule has 5 rings (SSSR count). The molecule has 5 heterocycles. The SMILES string of the molecule is C[C@@H]1c2ncc(Cl)cc2CN1c1nc2c([C@@H](C)Nc3ccc(Cl)nc3C(=O)O)cc(F)cn2c(=O)c1Br. The average Bonchev–Trinajstić information content (AvgIpc) is 3.17. The van der Waals surface area contributed by atoms with E-state index in [2.05, 4.69) is 31.2 Å². The fourth-order valence-corrected chi connectivity index (χ4v) is 5.29. The van der Waals surface area contributed by atoms with E-state index in [9.17, 15) is 19.1 Å². The second kappa shape index (κ2) is 9.55. The quantitative estimate of drug-likeness (QED) is 0.280. The van der Waals surface area contributed by atoms with Gasteiger partial charge >= 0.3 is 5.97 Å². The van der Waals surface area contributed by atoms with Crippen LogP contribution >= 0.6 is 39.1 Å². The van der Waals surface area contributed by atoms with Crippen LogP contribution in [0.1, 0.15) is 53.2 Å². The van der Waals surface area contributed by atoms with Crippen molar-refractivity contribution in [1.82, 2.24) is 19.4 Å². The van der Waals surface area contributed by atoms with Crippen molar-refractivity contribution in [1.29, 1.82) is 0 Å². The number of nitrogens with zero attached hydrogens (tertiary/aromatic N) is 5. The van der Waals surface area contributed by atoms with Crippen molar-refractivity contribution in [3.05, 3.63) is 90.0 Å². The van der Waals surface area contributed by atoms with Gasteiger partial charge in [-0.15, -0.1) is 0 Å². The first-order valence-corrected chi connectivity index (χ1v) is 12.6. The number of aromatic nitrogens is 4. The molecule has 2 atom stereocenters. The molecule has 13 heteroatoms. The highest BCUT2D eigenvalue weighted by Crippen LogP contribution is 2.39. The van der Waals surface area contributed by atoms with Crippen molar-refractivity contribution in [2.75, 3.05) is 10.2 Å². The summed E-state index contributed by atoms with van der Waals surface area (Å²) < 4.78 is 16.0. The van der Waals surface area contributed by atoms with Crippen molar-refractivity contribution < 1.29 is 14.3 Å². The molecule has 0 radical (unpaired) electrons. The van der Waals surface area contributed by atoms with Gasteiger partial charge in [0, 0.05) is 24.5 Å². The van der Waals surface area contributed by atoms with E-state index < -0.39 is 23.4 Å². The van der Waals surface area contributed by atoms with E-state index in [1.54, 1.807) is 13.1 Å². The smallest absolute Gasteiger partial charge is 0.356 e. The van der Waals surface area contributed by atoms with Crippen LogP contribution in [-0.2, 0) is 6.54 Å². The number of halogens is 4. The summed E-state index contributed by atoms with van der Waals surface area (Å²) in [6, 6.07) is 5.13. The first-order chi connectivity index (χ1) is 17.5. The lowest BCUT2D eigenvalue weighted by atomic mass is 10.1. The van der Waals surface area contributed by atoms with Crippen LogP contribution in [0, 0.1) is 5.82 Å². The van der Waals surface area contributed by atoms with Gasteiger partial charge in [-0.1, -0.05) is 23.2 Å². The van der Waals surface area contributed by atoms with Crippen LogP contribution in [0.4, 0.5) is 15.9 Å². The number of carboxylic acid groups (broad SMARTS) is 1. The molecule has 2 N–H and O–H groups in total. The summed E-state index contributed by atoms with van der Waals surface area (Å²) in [4.78, 5) is 40.0. The number of hydrogen-bond donors (Lipinski definition) is 2. The number of fused-ring (bicyclic) bond motifs is 2. The van der Waals surface area contributed by atoms with Crippen molar-refractivity contribution >= 4 is 62.3 Å². The van der Waals surface area contributed by atoms with Crippen LogP contribution < -0.4 is 15.8 Å². The highest BCUT2D eigenvalue weighted by Gasteiger charge is 2.32. The second-order valence-corrected chi connectivity index (χ2v) is 10.2. The summed E-state index contributed by atoms with van der Waals surface area (Å²) in [7, 11) is 0. The lowest BCUT2D eigenvalue weighted by molar-refractivity contribution is 0.0691. The predicted molar refractivity (Wildman–Crippen MR) is 141 cm³/mol. The Kier molecular flexibility index (Phi) is 6.55. The Balaban J connectivity index is 1.62. The van der Waals surface area contributed by atoms with Gasteiger partial charge < -0.3 is 15.3 Å². The van der Waals surface area contributed by atoms with Gasteiger partial charge in [0.2, 0.25) is 0 Å². The number of hydrogen-bond acceptors (Lipinski definition) is 7. The van der Waals surface area contributed by atoms with Gasteiger partial charge in [-0.05, 0) is 59.6 Å². The fraction of sp³-hybridized carbons (Fsp3) is 0.208. The Bertz CT molecular complexity index is 1650. The molecule has 4 aromatic heterocycles. The topological polar surface area (TPSA) is 113 Å². The Labute approximate surface area is 228 Å². The van der Waals surface area contributed by atoms with Gasteiger partial charge in [-0.25, -0.2) is 19.2 Å². The molecule has 0 fully saturated rings. The van der Waals surface area contributed by atoms with Crippen LogP contribution in [0.2, 0.25) is 10.2 Å². The Morgan fingerprint density at radius 2 is 2.05 bits per heavy atom. The van der Waals surface area contributed by atoms with E-state index in [1.807, 2.05) is 17.9 Å². The van der Waals surface area contributed by atoms with E-state index in [1.165, 1.54) is 18.2 Å². The molecular formula is C24H18BrCl2FN6O3. The first-order valence-electron chi connectivity index (χ1n) is 11.0. The molecular weight excluding hydrogens is 590 g/mol. The van der Waals surface area contributed by atoms with Crippen LogP contribution in [0.3, 0.4) is 0 Å². The van der Waals surface area contributed by atoms with E-state index in [-0.39, 0.29) is 32.7 Å². The number of nitrogens with one attached hydrogen (secondary N) is 1. The summed E-state index contributed by atoms with van der Waals surface area (Å²) in [5.74, 6) is -1.57. The monoisotopic (exact) mass is 606 g/mol. The third kappa shape index (κ3) is 4.51. The van der Waals surface area contributed by atoms with Gasteiger partial charge in [-0.3, -0.25) is 14.2 Å². The van der Waals surface area contributed by atoms with Crippen LogP contribution in [-0.4, -0.2) is 30.4 Å². The minimum absolute atomic E-state index is 0.0195. The number of carbonyl (C=O) groups is 1. The van der Waals surface area contributed by atoms with Gasteiger partial charge in [-0.2, -0.15) is 0 Å². The molecule has 0 unspecified atom stereocenters. The van der Waals surface area contributed by atoms with Crippen molar-refractivity contribution in [3.63, 3.8) is 0 Å². The third-order valence-corrected chi connectivity index (χ3v) is 7.30. The van der Waals surface area contributed by atoms with E-state index >= 15 is 0 Å². The molecule has 9 nitrogen and oxygen atoms in total. The Morgan fingerprint density at radius 3 is 2.78 bits per heavy atom. The summed E-state index contributed by atoms with van der Waals surface area (Å²) in [6.45, 7) is 4.07. The van der Waals surface area contributed by atoms with Crippen LogP contribution in [0.5, 0.6) is 0 Å². The van der Waals surface area contributed by atoms with Gasteiger partial charge in [0.15, 0.2) is 11.5 Å². The summed E-state index contributed by atoms with van der Waals surface area (Å²) in [5, 5.41) is 13.1. The van der Waals surface area contributed by atoms with E-state index in [0.717, 1.165) is 21.9 Å². The number of rotatable bonds is 5. The zero-order valence-corrected chi connectivity index (χ0v) is 22.4. The molecule has 1 aliphatic heterocycles. The minimum Gasteiger partial charge on any atom is -0.476 e. The highest BCUT2D eigenvalue weighted by molar-refractivity contribution is 9.10. The molecule has 0 aliphatic carbocycles. The van der Waals surface area contributed by atoms with Crippen LogP contribution in [0.15, 0.2) is 45.9 Å². The van der Waals surface area contributed by atoms with Crippen molar-refractivity contribution in [3.8, 4) is 0 Å². The van der Waals surface area contributed by atoms with Gasteiger partial charge in [0.1, 0.15) is 21.1 Å². The highest BCUT2D eigenvalue weighted by atomic mass is 79.9. The van der Waals surface area contributed by atoms with Crippen LogP contribution in [0.25, 0.3) is 5.65 Å². The maximum Gasteiger partial charge on any atom is 0.356 e. The molecule has 0 aromatic carbocycles. The number of anilines is 2. The lowest BCUT2D eigenvalue weighted by Gasteiger charge is -2.25. The summed E-state index contributed by atoms with van der Waals surface area (Å²) in [6.07, 6.45) is 2.63. The summed E-state index contributed by atoms with van der Waals surface area (Å²) >= 11 is 15.3.